The van der Waals surface area contributed by atoms with Crippen molar-refractivity contribution in [2.24, 2.45) is 0 Å². The summed E-state index contributed by atoms with van der Waals surface area (Å²) in [5, 5.41) is 0. The molecule has 1 aromatic heterocycles. The van der Waals surface area contributed by atoms with Crippen LogP contribution >= 0.6 is 0 Å². The number of rotatable bonds is 1. The predicted molar refractivity (Wildman–Crippen MR) is 59.9 cm³/mol. The van der Waals surface area contributed by atoms with Crippen molar-refractivity contribution in [3.05, 3.63) is 60.7 Å². The van der Waals surface area contributed by atoms with Crippen molar-refractivity contribution in [3.8, 4) is 0 Å². The smallest absolute Gasteiger partial charge is 0.102 e. The maximum atomic E-state index is 3.86. The fourth-order valence-electron chi connectivity index (χ4n) is 0.933. The first-order chi connectivity index (χ1) is 6.83. The molecule has 0 unspecified atom stereocenters. The van der Waals surface area contributed by atoms with Crippen LogP contribution in [0.15, 0.2) is 49.3 Å². The number of aryl methyl sites for hydroxylation is 1. The summed E-state index contributed by atoms with van der Waals surface area (Å²) in [5.41, 5.74) is 1.17. The van der Waals surface area contributed by atoms with E-state index < -0.39 is 0 Å². The van der Waals surface area contributed by atoms with Gasteiger partial charge in [0.2, 0.25) is 0 Å². The number of benzene rings is 1. The Kier molecular flexibility index (Phi) is 4.21. The fourth-order valence-corrected chi connectivity index (χ4v) is 0.933. The molecule has 0 spiro atoms. The molecule has 1 aromatic carbocycles. The Bertz CT molecular complexity index is 349. The quantitative estimate of drug-likeness (QED) is 0.728. The van der Waals surface area contributed by atoms with Gasteiger partial charge in [-0.15, -0.1) is 0 Å². The topological polar surface area (TPSA) is 28.7 Å². The van der Waals surface area contributed by atoms with E-state index in [0.29, 0.717) is 0 Å². The monoisotopic (exact) mass is 186 g/mol. The summed E-state index contributed by atoms with van der Waals surface area (Å²) in [4.78, 5) is 6.75. The van der Waals surface area contributed by atoms with Crippen LogP contribution < -0.4 is 0 Å². The number of hydrogen-bond donors (Lipinski definition) is 1. The van der Waals surface area contributed by atoms with Gasteiger partial charge in [-0.2, -0.15) is 0 Å². The fraction of sp³-hybridized carbons (Fsp3) is 0.0833. The minimum Gasteiger partial charge on any atom is -0.349 e. The largest absolute Gasteiger partial charge is 0.349 e. The Balaban J connectivity index is 0.000000146. The lowest BCUT2D eigenvalue weighted by atomic mass is 10.2. The van der Waals surface area contributed by atoms with E-state index in [-0.39, 0.29) is 0 Å². The van der Waals surface area contributed by atoms with Gasteiger partial charge in [-0.05, 0) is 12.5 Å². The average molecular weight is 186 g/mol. The third-order valence-corrected chi connectivity index (χ3v) is 1.67. The Morgan fingerprint density at radius 3 is 2.29 bits per heavy atom. The second-order valence-electron chi connectivity index (χ2n) is 2.79. The van der Waals surface area contributed by atoms with Crippen LogP contribution in [0.2, 0.25) is 0 Å². The highest BCUT2D eigenvalue weighted by molar-refractivity contribution is 5.45. The van der Waals surface area contributed by atoms with Crippen molar-refractivity contribution in [3.63, 3.8) is 0 Å². The molecule has 2 aromatic rings. The summed E-state index contributed by atoms with van der Waals surface area (Å²) in [6.07, 6.45) is 5.37. The molecule has 0 fully saturated rings. The third kappa shape index (κ3) is 3.72. The minimum absolute atomic E-state index is 0.968. The summed E-state index contributed by atoms with van der Waals surface area (Å²) < 4.78 is 0. The number of aromatic amines is 1. The summed E-state index contributed by atoms with van der Waals surface area (Å²) in [6.45, 7) is 5.55. The molecule has 14 heavy (non-hydrogen) atoms. The lowest BCUT2D eigenvalue weighted by molar-refractivity contribution is 1.15. The van der Waals surface area contributed by atoms with Crippen LogP contribution in [-0.2, 0) is 0 Å². The molecule has 72 valence electrons. The molecule has 0 saturated carbocycles. The number of nitrogens with one attached hydrogen (secondary N) is 1. The van der Waals surface area contributed by atoms with Crippen LogP contribution in [0.3, 0.4) is 0 Å². The van der Waals surface area contributed by atoms with E-state index in [1.54, 1.807) is 12.4 Å². The van der Waals surface area contributed by atoms with E-state index in [1.807, 2.05) is 43.3 Å². The number of imidazole rings is 1. The highest BCUT2D eigenvalue weighted by Crippen LogP contribution is 1.97. The predicted octanol–water partition coefficient (Wildman–Crippen LogP) is 3.05. The normalized spacial score (nSPS) is 8.64. The zero-order chi connectivity index (χ0) is 10.2. The molecule has 1 N–H and O–H groups in total. The van der Waals surface area contributed by atoms with Gasteiger partial charge in [-0.1, -0.05) is 43.0 Å². The second-order valence-corrected chi connectivity index (χ2v) is 2.79. The Morgan fingerprint density at radius 2 is 2.00 bits per heavy atom. The number of H-pyrrole nitrogens is 1. The molecule has 0 saturated heterocycles. The molecule has 0 aliphatic rings. The van der Waals surface area contributed by atoms with E-state index in [1.165, 1.54) is 5.56 Å². The van der Waals surface area contributed by atoms with Crippen LogP contribution in [0.4, 0.5) is 0 Å². The van der Waals surface area contributed by atoms with Gasteiger partial charge in [-0.25, -0.2) is 4.98 Å². The number of aromatic nitrogens is 2. The van der Waals surface area contributed by atoms with E-state index in [9.17, 15) is 0 Å². The van der Waals surface area contributed by atoms with E-state index in [2.05, 4.69) is 16.5 Å². The van der Waals surface area contributed by atoms with Crippen LogP contribution in [0.5, 0.6) is 0 Å². The van der Waals surface area contributed by atoms with E-state index >= 15 is 0 Å². The molecule has 0 aliphatic heterocycles. The lowest BCUT2D eigenvalue weighted by Gasteiger charge is -1.85. The number of hydrogen-bond acceptors (Lipinski definition) is 1. The SMILES string of the molecule is C=Cc1ccccc1.Cc1ncc[nH]1. The summed E-state index contributed by atoms with van der Waals surface area (Å²) in [5.74, 6) is 0.968. The molecular weight excluding hydrogens is 172 g/mol. The zero-order valence-corrected chi connectivity index (χ0v) is 8.27. The van der Waals surface area contributed by atoms with Crippen molar-refractivity contribution >= 4 is 6.08 Å². The molecular formula is C12H14N2. The Labute approximate surface area is 84.3 Å². The standard InChI is InChI=1S/C8H8.C4H6N2/c1-2-8-6-4-3-5-7-8;1-4-5-2-3-6-4/h2-7H,1H2;2-3H,1H3,(H,5,6). The van der Waals surface area contributed by atoms with Gasteiger partial charge in [0.25, 0.3) is 0 Å². The molecule has 0 amide bonds. The Morgan fingerprint density at radius 1 is 1.29 bits per heavy atom. The van der Waals surface area contributed by atoms with Crippen LogP contribution in [0.25, 0.3) is 6.08 Å². The summed E-state index contributed by atoms with van der Waals surface area (Å²) in [7, 11) is 0. The summed E-state index contributed by atoms with van der Waals surface area (Å²) >= 11 is 0. The van der Waals surface area contributed by atoms with Gasteiger partial charge in [0.05, 0.1) is 0 Å². The van der Waals surface area contributed by atoms with Crippen LogP contribution in [0.1, 0.15) is 11.4 Å². The zero-order valence-electron chi connectivity index (χ0n) is 8.27. The molecule has 1 heterocycles. The first kappa shape index (κ1) is 10.3. The molecule has 2 nitrogen and oxygen atoms in total. The summed E-state index contributed by atoms with van der Waals surface area (Å²) in [6, 6.07) is 10.0. The molecule has 0 bridgehead atoms. The van der Waals surface area contributed by atoms with Gasteiger partial charge in [0.15, 0.2) is 0 Å². The molecule has 0 radical (unpaired) electrons. The van der Waals surface area contributed by atoms with Gasteiger partial charge in [-0.3, -0.25) is 0 Å². The maximum Gasteiger partial charge on any atom is 0.102 e. The molecule has 0 aliphatic carbocycles. The van der Waals surface area contributed by atoms with E-state index in [0.717, 1.165) is 5.82 Å². The Hall–Kier alpha value is -1.83. The van der Waals surface area contributed by atoms with Gasteiger partial charge in [0, 0.05) is 12.4 Å². The van der Waals surface area contributed by atoms with Crippen molar-refractivity contribution in [2.45, 2.75) is 6.92 Å². The maximum absolute atomic E-state index is 3.86. The van der Waals surface area contributed by atoms with E-state index in [4.69, 9.17) is 0 Å². The minimum atomic E-state index is 0.968. The van der Waals surface area contributed by atoms with Gasteiger partial charge < -0.3 is 4.98 Å². The second kappa shape index (κ2) is 5.75. The average Bonchev–Trinajstić information content (AvgIpc) is 2.71. The lowest BCUT2D eigenvalue weighted by Crippen LogP contribution is -1.66. The van der Waals surface area contributed by atoms with Crippen molar-refractivity contribution < 1.29 is 0 Å². The van der Waals surface area contributed by atoms with Gasteiger partial charge in [0.1, 0.15) is 5.82 Å². The van der Waals surface area contributed by atoms with Crippen LogP contribution in [-0.4, -0.2) is 9.97 Å². The molecule has 0 atom stereocenters. The van der Waals surface area contributed by atoms with Crippen molar-refractivity contribution in [2.75, 3.05) is 0 Å². The molecule has 2 heteroatoms. The van der Waals surface area contributed by atoms with Gasteiger partial charge >= 0.3 is 0 Å². The van der Waals surface area contributed by atoms with Crippen molar-refractivity contribution in [1.82, 2.24) is 9.97 Å². The first-order valence-electron chi connectivity index (χ1n) is 4.46. The van der Waals surface area contributed by atoms with Crippen molar-refractivity contribution in [1.29, 1.82) is 0 Å². The first-order valence-corrected chi connectivity index (χ1v) is 4.46. The highest BCUT2D eigenvalue weighted by atomic mass is 14.9. The highest BCUT2D eigenvalue weighted by Gasteiger charge is 1.76. The van der Waals surface area contributed by atoms with Crippen LogP contribution in [0, 0.1) is 6.92 Å². The third-order valence-electron chi connectivity index (χ3n) is 1.67. The molecule has 2 rings (SSSR count). The number of nitrogens with zero attached hydrogens (tertiary/aromatic N) is 1.